The SMILES string of the molecule is CNC(=O)N(c1cccnc1)C1CCN(Cc2nc(-c3ccc(C(F)(F)F)cc3)[nH]c2C)CC1. The Kier molecular flexibility index (Phi) is 6.87. The van der Waals surface area contributed by atoms with Gasteiger partial charge < -0.3 is 10.3 Å². The van der Waals surface area contributed by atoms with Crippen LogP contribution in [0.2, 0.25) is 0 Å². The summed E-state index contributed by atoms with van der Waals surface area (Å²) < 4.78 is 38.5. The van der Waals surface area contributed by atoms with Crippen molar-refractivity contribution in [2.75, 3.05) is 25.0 Å². The first-order valence-electron chi connectivity index (χ1n) is 11.1. The summed E-state index contributed by atoms with van der Waals surface area (Å²) in [5, 5.41) is 2.72. The first-order chi connectivity index (χ1) is 16.3. The number of H-pyrrole nitrogens is 1. The van der Waals surface area contributed by atoms with Crippen molar-refractivity contribution in [3.05, 3.63) is 65.7 Å². The highest BCUT2D eigenvalue weighted by Gasteiger charge is 2.31. The maximum Gasteiger partial charge on any atom is 0.416 e. The fourth-order valence-electron chi connectivity index (χ4n) is 4.26. The molecule has 1 saturated heterocycles. The van der Waals surface area contributed by atoms with Crippen LogP contribution in [-0.4, -0.2) is 52.1 Å². The number of urea groups is 1. The molecule has 0 atom stereocenters. The van der Waals surface area contributed by atoms with E-state index in [0.717, 1.165) is 55.1 Å². The van der Waals surface area contributed by atoms with Crippen LogP contribution in [0.5, 0.6) is 0 Å². The third kappa shape index (κ3) is 5.22. The smallest absolute Gasteiger partial charge is 0.342 e. The number of nitrogens with one attached hydrogen (secondary N) is 2. The maximum atomic E-state index is 12.8. The molecule has 34 heavy (non-hydrogen) atoms. The number of pyridine rings is 1. The van der Waals surface area contributed by atoms with E-state index in [2.05, 4.69) is 25.2 Å². The number of nitrogens with zero attached hydrogens (tertiary/aromatic N) is 4. The maximum absolute atomic E-state index is 12.8. The second-order valence-corrected chi connectivity index (χ2v) is 8.38. The highest BCUT2D eigenvalue weighted by Crippen LogP contribution is 2.31. The molecule has 2 aromatic heterocycles. The number of carbonyl (C=O) groups excluding carboxylic acids is 1. The molecular formula is C24H27F3N6O. The van der Waals surface area contributed by atoms with E-state index in [1.54, 1.807) is 24.3 Å². The van der Waals surface area contributed by atoms with Crippen molar-refractivity contribution in [3.63, 3.8) is 0 Å². The highest BCUT2D eigenvalue weighted by atomic mass is 19.4. The van der Waals surface area contributed by atoms with E-state index in [4.69, 9.17) is 0 Å². The van der Waals surface area contributed by atoms with E-state index in [1.807, 2.05) is 19.1 Å². The lowest BCUT2D eigenvalue weighted by atomic mass is 10.0. The zero-order valence-electron chi connectivity index (χ0n) is 19.1. The lowest BCUT2D eigenvalue weighted by Gasteiger charge is -2.38. The van der Waals surface area contributed by atoms with Crippen molar-refractivity contribution in [2.24, 2.45) is 0 Å². The van der Waals surface area contributed by atoms with Crippen LogP contribution in [0.1, 0.15) is 29.8 Å². The highest BCUT2D eigenvalue weighted by molar-refractivity contribution is 5.92. The van der Waals surface area contributed by atoms with Crippen molar-refractivity contribution in [3.8, 4) is 11.4 Å². The van der Waals surface area contributed by atoms with Gasteiger partial charge in [-0.2, -0.15) is 13.2 Å². The molecule has 0 saturated carbocycles. The predicted molar refractivity (Wildman–Crippen MR) is 123 cm³/mol. The molecule has 10 heteroatoms. The normalized spacial score (nSPS) is 15.3. The standard InChI is InChI=1S/C24H27F3N6O/c1-16-21(31-22(30-16)17-5-7-18(8-6-17)24(25,26)27)15-32-12-9-19(10-13-32)33(23(34)28-2)20-4-3-11-29-14-20/h3-8,11,14,19H,9-10,12-13,15H2,1-2H3,(H,28,34)(H,30,31). The molecule has 3 heterocycles. The van der Waals surface area contributed by atoms with Crippen LogP contribution in [0.3, 0.4) is 0 Å². The summed E-state index contributed by atoms with van der Waals surface area (Å²) in [7, 11) is 1.62. The largest absolute Gasteiger partial charge is 0.416 e. The van der Waals surface area contributed by atoms with Gasteiger partial charge in [-0.05, 0) is 44.0 Å². The molecule has 7 nitrogen and oxygen atoms in total. The van der Waals surface area contributed by atoms with E-state index < -0.39 is 11.7 Å². The Hall–Kier alpha value is -3.40. The van der Waals surface area contributed by atoms with Gasteiger partial charge in [0.1, 0.15) is 5.82 Å². The molecule has 1 aromatic carbocycles. The van der Waals surface area contributed by atoms with Crippen LogP contribution in [-0.2, 0) is 12.7 Å². The number of carbonyl (C=O) groups is 1. The number of alkyl halides is 3. The molecule has 3 aromatic rings. The van der Waals surface area contributed by atoms with Crippen LogP contribution in [0.4, 0.5) is 23.7 Å². The molecule has 0 radical (unpaired) electrons. The van der Waals surface area contributed by atoms with Crippen molar-refractivity contribution in [1.82, 2.24) is 25.2 Å². The number of aromatic amines is 1. The Morgan fingerprint density at radius 2 is 1.91 bits per heavy atom. The minimum absolute atomic E-state index is 0.0587. The van der Waals surface area contributed by atoms with Gasteiger partial charge in [-0.1, -0.05) is 12.1 Å². The molecule has 1 aliphatic rings. The van der Waals surface area contributed by atoms with E-state index >= 15 is 0 Å². The number of rotatable bonds is 5. The molecule has 1 aliphatic heterocycles. The molecule has 1 fully saturated rings. The average molecular weight is 473 g/mol. The zero-order chi connectivity index (χ0) is 24.3. The number of benzene rings is 1. The number of likely N-dealkylation sites (tertiary alicyclic amines) is 1. The van der Waals surface area contributed by atoms with Crippen LogP contribution < -0.4 is 10.2 Å². The molecule has 0 bridgehead atoms. The summed E-state index contributed by atoms with van der Waals surface area (Å²) in [6.45, 7) is 4.13. The van der Waals surface area contributed by atoms with Crippen LogP contribution in [0.25, 0.3) is 11.4 Å². The number of piperidine rings is 1. The van der Waals surface area contributed by atoms with Crippen LogP contribution >= 0.6 is 0 Å². The average Bonchev–Trinajstić information content (AvgIpc) is 3.20. The van der Waals surface area contributed by atoms with Gasteiger partial charge in [0, 0.05) is 50.2 Å². The monoisotopic (exact) mass is 472 g/mol. The minimum atomic E-state index is -4.36. The van der Waals surface area contributed by atoms with E-state index in [-0.39, 0.29) is 12.1 Å². The second-order valence-electron chi connectivity index (χ2n) is 8.38. The number of aromatic nitrogens is 3. The summed E-state index contributed by atoms with van der Waals surface area (Å²) >= 11 is 0. The number of aryl methyl sites for hydroxylation is 1. The summed E-state index contributed by atoms with van der Waals surface area (Å²) in [4.78, 5) is 28.6. The minimum Gasteiger partial charge on any atom is -0.342 e. The van der Waals surface area contributed by atoms with Crippen molar-refractivity contribution in [2.45, 2.75) is 38.5 Å². The fourth-order valence-corrected chi connectivity index (χ4v) is 4.26. The summed E-state index contributed by atoms with van der Waals surface area (Å²) in [6, 6.07) is 8.60. The molecule has 0 aliphatic carbocycles. The molecule has 4 rings (SSSR count). The molecule has 0 unspecified atom stereocenters. The van der Waals surface area contributed by atoms with Gasteiger partial charge in [0.25, 0.3) is 0 Å². The van der Waals surface area contributed by atoms with Gasteiger partial charge in [-0.25, -0.2) is 9.78 Å². The van der Waals surface area contributed by atoms with Gasteiger partial charge >= 0.3 is 12.2 Å². The number of hydrogen-bond donors (Lipinski definition) is 2. The Bertz CT molecular complexity index is 1110. The Morgan fingerprint density at radius 1 is 1.21 bits per heavy atom. The topological polar surface area (TPSA) is 77.2 Å². The second kappa shape index (κ2) is 9.84. The van der Waals surface area contributed by atoms with Gasteiger partial charge in [-0.3, -0.25) is 14.8 Å². The van der Waals surface area contributed by atoms with Crippen molar-refractivity contribution in [1.29, 1.82) is 0 Å². The molecular weight excluding hydrogens is 445 g/mol. The molecule has 2 N–H and O–H groups in total. The van der Waals surface area contributed by atoms with E-state index in [1.165, 1.54) is 12.1 Å². The van der Waals surface area contributed by atoms with E-state index in [0.29, 0.717) is 17.9 Å². The van der Waals surface area contributed by atoms with Gasteiger partial charge in [0.2, 0.25) is 0 Å². The predicted octanol–water partition coefficient (Wildman–Crippen LogP) is 4.61. The first-order valence-corrected chi connectivity index (χ1v) is 11.1. The molecule has 180 valence electrons. The van der Waals surface area contributed by atoms with Gasteiger partial charge in [-0.15, -0.1) is 0 Å². The third-order valence-corrected chi connectivity index (χ3v) is 6.12. The zero-order valence-corrected chi connectivity index (χ0v) is 19.1. The number of imidazole rings is 1. The number of hydrogen-bond acceptors (Lipinski definition) is 4. The summed E-state index contributed by atoms with van der Waals surface area (Å²) in [6.07, 6.45) is 0.616. The van der Waals surface area contributed by atoms with Gasteiger partial charge in [0.05, 0.1) is 23.1 Å². The lowest BCUT2D eigenvalue weighted by molar-refractivity contribution is -0.137. The molecule has 0 spiro atoms. The number of anilines is 1. The Balaban J connectivity index is 1.41. The van der Waals surface area contributed by atoms with Gasteiger partial charge in [0.15, 0.2) is 0 Å². The molecule has 2 amide bonds. The first kappa shape index (κ1) is 23.7. The quantitative estimate of drug-likeness (QED) is 0.569. The fraction of sp³-hybridized carbons (Fsp3) is 0.375. The summed E-state index contributed by atoms with van der Waals surface area (Å²) in [5.74, 6) is 0.554. The summed E-state index contributed by atoms with van der Waals surface area (Å²) in [5.41, 5.74) is 2.45. The Morgan fingerprint density at radius 3 is 2.50 bits per heavy atom. The van der Waals surface area contributed by atoms with Crippen LogP contribution in [0.15, 0.2) is 48.8 Å². The number of halogens is 3. The van der Waals surface area contributed by atoms with Crippen molar-refractivity contribution < 1.29 is 18.0 Å². The third-order valence-electron chi connectivity index (χ3n) is 6.12. The van der Waals surface area contributed by atoms with Crippen molar-refractivity contribution >= 4 is 11.7 Å². The van der Waals surface area contributed by atoms with E-state index in [9.17, 15) is 18.0 Å². The number of amides is 2. The van der Waals surface area contributed by atoms with Crippen LogP contribution in [0, 0.1) is 6.92 Å². The Labute approximate surface area is 196 Å². The lowest BCUT2D eigenvalue weighted by Crippen LogP contribution is -2.50.